The van der Waals surface area contributed by atoms with Crippen LogP contribution in [0.3, 0.4) is 0 Å². The number of nitrogens with zero attached hydrogens (tertiary/aromatic N) is 1. The normalized spacial score (nSPS) is 22.0. The second-order valence-electron chi connectivity index (χ2n) is 12.1. The molecule has 5 aromatic carbocycles. The van der Waals surface area contributed by atoms with Gasteiger partial charge in [0.05, 0.1) is 12.0 Å². The zero-order chi connectivity index (χ0) is 32.1. The molecule has 3 aliphatic heterocycles. The fraction of sp³-hybridized carbons (Fsp3) is 0.125. The highest BCUT2D eigenvalue weighted by molar-refractivity contribution is 6.16. The van der Waals surface area contributed by atoms with Crippen molar-refractivity contribution in [2.24, 2.45) is 5.92 Å². The van der Waals surface area contributed by atoms with E-state index in [9.17, 15) is 18.8 Å². The number of rotatable bonds is 6. The molecule has 6 nitrogen and oxygen atoms in total. The summed E-state index contributed by atoms with van der Waals surface area (Å²) in [4.78, 5) is 46.3. The molecule has 0 radical (unpaired) electrons. The predicted octanol–water partition coefficient (Wildman–Crippen LogP) is 7.13. The van der Waals surface area contributed by atoms with Crippen LogP contribution in [0.2, 0.25) is 0 Å². The fourth-order valence-electron chi connectivity index (χ4n) is 7.66. The van der Waals surface area contributed by atoms with E-state index in [0.717, 1.165) is 16.7 Å². The largest absolute Gasteiger partial charge is 0.451 e. The molecule has 0 aliphatic carbocycles. The first kappa shape index (κ1) is 28.6. The van der Waals surface area contributed by atoms with Crippen LogP contribution < -0.4 is 10.2 Å². The first-order valence-corrected chi connectivity index (χ1v) is 15.5. The number of anilines is 2. The molecular formula is C40H29FN2O4. The summed E-state index contributed by atoms with van der Waals surface area (Å²) in [5.41, 5.74) is 3.01. The molecule has 7 heteroatoms. The van der Waals surface area contributed by atoms with Gasteiger partial charge in [0.1, 0.15) is 17.3 Å². The molecular weight excluding hydrogens is 591 g/mol. The average molecular weight is 621 g/mol. The summed E-state index contributed by atoms with van der Waals surface area (Å²) in [7, 11) is 0. The van der Waals surface area contributed by atoms with Crippen molar-refractivity contribution in [2.45, 2.75) is 23.6 Å². The van der Waals surface area contributed by atoms with Gasteiger partial charge < -0.3 is 15.0 Å². The Morgan fingerprint density at radius 2 is 1.38 bits per heavy atom. The molecule has 3 aliphatic rings. The minimum absolute atomic E-state index is 0.200. The average Bonchev–Trinajstić information content (AvgIpc) is 3.60. The molecule has 1 spiro atoms. The highest BCUT2D eigenvalue weighted by Crippen LogP contribution is 2.58. The van der Waals surface area contributed by atoms with Crippen LogP contribution in [0.15, 0.2) is 140 Å². The molecule has 0 saturated carbocycles. The molecule has 47 heavy (non-hydrogen) atoms. The number of hydrogen-bond donors (Lipinski definition) is 1. The molecule has 5 aromatic rings. The van der Waals surface area contributed by atoms with Gasteiger partial charge in [0.15, 0.2) is 11.9 Å². The molecule has 1 N–H and O–H groups in total. The first-order valence-electron chi connectivity index (χ1n) is 15.5. The van der Waals surface area contributed by atoms with E-state index in [2.05, 4.69) is 5.32 Å². The molecule has 1 amide bonds. The number of benzene rings is 5. The lowest BCUT2D eigenvalue weighted by Gasteiger charge is -2.37. The maximum absolute atomic E-state index is 15.0. The smallest absolute Gasteiger partial charge is 0.330 e. The number of esters is 1. The summed E-state index contributed by atoms with van der Waals surface area (Å²) in [5.74, 6) is -3.19. The molecule has 1 fully saturated rings. The number of halogens is 1. The topological polar surface area (TPSA) is 75.7 Å². The van der Waals surface area contributed by atoms with Gasteiger partial charge in [-0.15, -0.1) is 0 Å². The monoisotopic (exact) mass is 620 g/mol. The number of hydrogen-bond acceptors (Lipinski definition) is 5. The van der Waals surface area contributed by atoms with E-state index in [-0.39, 0.29) is 11.5 Å². The van der Waals surface area contributed by atoms with Crippen molar-refractivity contribution in [2.75, 3.05) is 10.2 Å². The Balaban J connectivity index is 1.35. The number of amides is 1. The number of Topliss-reactive ketones (excluding diaryl/α,β-unsaturated/α-hetero) is 1. The van der Waals surface area contributed by atoms with Crippen LogP contribution in [0.25, 0.3) is 6.08 Å². The Kier molecular flexibility index (Phi) is 6.83. The maximum atomic E-state index is 15.0. The van der Waals surface area contributed by atoms with Gasteiger partial charge in [0.2, 0.25) is 5.91 Å². The number of carbonyl (C=O) groups is 3. The molecule has 8 rings (SSSR count). The van der Waals surface area contributed by atoms with Crippen molar-refractivity contribution >= 4 is 35.1 Å². The van der Waals surface area contributed by atoms with E-state index in [1.165, 1.54) is 24.3 Å². The Morgan fingerprint density at radius 3 is 2.09 bits per heavy atom. The zero-order valence-electron chi connectivity index (χ0n) is 25.1. The van der Waals surface area contributed by atoms with E-state index >= 15 is 0 Å². The summed E-state index contributed by atoms with van der Waals surface area (Å²) in [6.45, 7) is 0. The second-order valence-corrected chi connectivity index (χ2v) is 12.1. The lowest BCUT2D eigenvalue weighted by molar-refractivity contribution is -0.150. The fourth-order valence-corrected chi connectivity index (χ4v) is 7.66. The second kappa shape index (κ2) is 11.2. The number of carbonyl (C=O) groups excluding carboxylic acids is 3. The van der Waals surface area contributed by atoms with Gasteiger partial charge in [-0.1, -0.05) is 109 Å². The summed E-state index contributed by atoms with van der Waals surface area (Å²) < 4.78 is 20.6. The van der Waals surface area contributed by atoms with E-state index in [1.54, 1.807) is 6.07 Å². The zero-order valence-corrected chi connectivity index (χ0v) is 25.1. The Labute approximate surface area is 271 Å². The third kappa shape index (κ3) is 4.41. The predicted molar refractivity (Wildman–Crippen MR) is 177 cm³/mol. The van der Waals surface area contributed by atoms with E-state index < -0.39 is 47.1 Å². The van der Waals surface area contributed by atoms with Gasteiger partial charge in [-0.3, -0.25) is 9.59 Å². The van der Waals surface area contributed by atoms with Gasteiger partial charge in [0.25, 0.3) is 0 Å². The quantitative estimate of drug-likeness (QED) is 0.162. The third-order valence-corrected chi connectivity index (χ3v) is 9.63. The lowest BCUT2D eigenvalue weighted by Crippen LogP contribution is -2.51. The highest BCUT2D eigenvalue weighted by Gasteiger charge is 2.71. The van der Waals surface area contributed by atoms with Crippen LogP contribution in [-0.2, 0) is 19.7 Å². The first-order chi connectivity index (χ1) is 23.0. The molecule has 1 saturated heterocycles. The van der Waals surface area contributed by atoms with Crippen LogP contribution in [0.4, 0.5) is 15.8 Å². The standard InChI is InChI=1S/C40H29FN2O4/c41-29-22-19-26(20-23-29)36(44)34-35(38(45)47-37(27-12-3-1-4-13-27)28-14-5-2-6-15-28)43-32-18-10-7-11-25(32)21-24-33(43)40(34)30-16-8-9-17-31(30)42-39(40)46/h1-24,33-35,37H,(H,42,46)/t33-,34+,35-,40-/m1/s1. The van der Waals surface area contributed by atoms with Crippen LogP contribution in [0, 0.1) is 11.7 Å². The van der Waals surface area contributed by atoms with Crippen molar-refractivity contribution < 1.29 is 23.5 Å². The Hall–Kier alpha value is -5.82. The molecule has 230 valence electrons. The summed E-state index contributed by atoms with van der Waals surface area (Å²) in [6, 6.07) is 37.1. The van der Waals surface area contributed by atoms with E-state index in [4.69, 9.17) is 4.74 Å². The summed E-state index contributed by atoms with van der Waals surface area (Å²) >= 11 is 0. The van der Waals surface area contributed by atoms with Gasteiger partial charge >= 0.3 is 5.97 Å². The highest BCUT2D eigenvalue weighted by atomic mass is 19.1. The van der Waals surface area contributed by atoms with Crippen molar-refractivity contribution in [3.05, 3.63) is 173 Å². The van der Waals surface area contributed by atoms with Gasteiger partial charge in [-0.25, -0.2) is 9.18 Å². The Bertz CT molecular complexity index is 2010. The molecule has 0 bridgehead atoms. The van der Waals surface area contributed by atoms with Crippen LogP contribution in [-0.4, -0.2) is 29.7 Å². The van der Waals surface area contributed by atoms with Crippen molar-refractivity contribution in [1.29, 1.82) is 0 Å². The number of nitrogens with one attached hydrogen (secondary N) is 1. The molecule has 0 aromatic heterocycles. The number of fused-ring (bicyclic) bond motifs is 6. The van der Waals surface area contributed by atoms with Crippen LogP contribution >= 0.6 is 0 Å². The lowest BCUT2D eigenvalue weighted by atomic mass is 9.64. The van der Waals surface area contributed by atoms with Gasteiger partial charge in [0, 0.05) is 16.9 Å². The van der Waals surface area contributed by atoms with E-state index in [0.29, 0.717) is 16.9 Å². The number of ether oxygens (including phenoxy) is 1. The molecule has 4 atom stereocenters. The Morgan fingerprint density at radius 1 is 0.766 bits per heavy atom. The summed E-state index contributed by atoms with van der Waals surface area (Å²) in [5, 5.41) is 3.02. The maximum Gasteiger partial charge on any atom is 0.330 e. The minimum atomic E-state index is -1.50. The van der Waals surface area contributed by atoms with Crippen molar-refractivity contribution in [1.82, 2.24) is 0 Å². The number of para-hydroxylation sites is 2. The molecule has 0 unspecified atom stereocenters. The van der Waals surface area contributed by atoms with Gasteiger partial charge in [-0.05, 0) is 58.7 Å². The van der Waals surface area contributed by atoms with Crippen LogP contribution in [0.1, 0.15) is 38.7 Å². The van der Waals surface area contributed by atoms with E-state index in [1.807, 2.05) is 120 Å². The van der Waals surface area contributed by atoms with Gasteiger partial charge in [-0.2, -0.15) is 0 Å². The van der Waals surface area contributed by atoms with Crippen molar-refractivity contribution in [3.63, 3.8) is 0 Å². The summed E-state index contributed by atoms with van der Waals surface area (Å²) in [6.07, 6.45) is 3.08. The SMILES string of the molecule is O=C(c1ccc(F)cc1)[C@@H]1[C@H](C(=O)OC(c2ccccc2)c2ccccc2)N2c3ccccc3C=C[C@@H]2[C@@]12C(=O)Nc1ccccc12. The number of ketones is 1. The van der Waals surface area contributed by atoms with Crippen LogP contribution in [0.5, 0.6) is 0 Å². The third-order valence-electron chi connectivity index (χ3n) is 9.63. The minimum Gasteiger partial charge on any atom is -0.451 e. The molecule has 3 heterocycles. The van der Waals surface area contributed by atoms with Crippen molar-refractivity contribution in [3.8, 4) is 0 Å².